The molecule has 3 rings (SSSR count). The van der Waals surface area contributed by atoms with E-state index < -0.39 is 0 Å². The van der Waals surface area contributed by atoms with Crippen molar-refractivity contribution in [2.45, 2.75) is 32.5 Å². The summed E-state index contributed by atoms with van der Waals surface area (Å²) in [7, 11) is 0. The molecule has 1 saturated heterocycles. The van der Waals surface area contributed by atoms with E-state index in [1.54, 1.807) is 6.20 Å². The van der Waals surface area contributed by atoms with Crippen LogP contribution in [0.15, 0.2) is 24.7 Å². The van der Waals surface area contributed by atoms with Gasteiger partial charge in [-0.1, -0.05) is 0 Å². The molecule has 1 aliphatic rings. The van der Waals surface area contributed by atoms with Crippen molar-refractivity contribution in [2.75, 3.05) is 13.2 Å². The first-order valence-corrected chi connectivity index (χ1v) is 7.20. The number of ether oxygens (including phenoxy) is 1. The highest BCUT2D eigenvalue weighted by molar-refractivity contribution is 5.08. The van der Waals surface area contributed by atoms with Gasteiger partial charge in [-0.3, -0.25) is 4.68 Å². The molecule has 6 nitrogen and oxygen atoms in total. The van der Waals surface area contributed by atoms with Crippen LogP contribution in [-0.4, -0.2) is 32.9 Å². The highest BCUT2D eigenvalue weighted by atomic mass is 16.5. The van der Waals surface area contributed by atoms with Crippen LogP contribution in [0, 0.1) is 5.92 Å². The van der Waals surface area contributed by atoms with Crippen molar-refractivity contribution in [2.24, 2.45) is 5.92 Å². The molecule has 0 bridgehead atoms. The minimum Gasteiger partial charge on any atom is -0.372 e. The van der Waals surface area contributed by atoms with Crippen molar-refractivity contribution >= 4 is 0 Å². The summed E-state index contributed by atoms with van der Waals surface area (Å²) in [6.07, 6.45) is 6.72. The van der Waals surface area contributed by atoms with Crippen LogP contribution in [0.1, 0.15) is 31.0 Å². The summed E-state index contributed by atoms with van der Waals surface area (Å²) in [6.45, 7) is 5.51. The van der Waals surface area contributed by atoms with Crippen molar-refractivity contribution in [3.63, 3.8) is 0 Å². The number of imidazole rings is 1. The quantitative estimate of drug-likeness (QED) is 0.838. The fourth-order valence-electron chi connectivity index (χ4n) is 2.79. The van der Waals surface area contributed by atoms with Gasteiger partial charge in [0.2, 0.25) is 0 Å². The van der Waals surface area contributed by atoms with Crippen molar-refractivity contribution in [3.05, 3.63) is 36.2 Å². The lowest BCUT2D eigenvalue weighted by atomic mass is 9.99. The van der Waals surface area contributed by atoms with Gasteiger partial charge in [-0.15, -0.1) is 0 Å². The Bertz CT molecular complexity index is 521. The molecule has 1 fully saturated rings. The summed E-state index contributed by atoms with van der Waals surface area (Å²) in [5.41, 5.74) is 1.19. The van der Waals surface area contributed by atoms with E-state index in [0.29, 0.717) is 5.92 Å². The van der Waals surface area contributed by atoms with E-state index >= 15 is 0 Å². The third kappa shape index (κ3) is 2.76. The Labute approximate surface area is 118 Å². The SMILES string of the molecule is CCn1nccc1[C@@H]1OCC[C@H]1CNCc1ncc[nH]1. The van der Waals surface area contributed by atoms with Crippen LogP contribution in [0.4, 0.5) is 0 Å². The molecule has 0 aromatic carbocycles. The van der Waals surface area contributed by atoms with E-state index in [4.69, 9.17) is 4.74 Å². The summed E-state index contributed by atoms with van der Waals surface area (Å²) in [6, 6.07) is 2.07. The maximum atomic E-state index is 5.92. The molecule has 3 heterocycles. The van der Waals surface area contributed by atoms with Crippen molar-refractivity contribution < 1.29 is 4.74 Å². The molecule has 0 amide bonds. The zero-order chi connectivity index (χ0) is 13.8. The molecule has 2 aromatic heterocycles. The minimum absolute atomic E-state index is 0.154. The van der Waals surface area contributed by atoms with Crippen molar-refractivity contribution in [1.82, 2.24) is 25.1 Å². The fourth-order valence-corrected chi connectivity index (χ4v) is 2.79. The van der Waals surface area contributed by atoms with Gasteiger partial charge in [-0.05, 0) is 19.4 Å². The van der Waals surface area contributed by atoms with Crippen LogP contribution in [0.5, 0.6) is 0 Å². The second-order valence-electron chi connectivity index (χ2n) is 5.08. The minimum atomic E-state index is 0.154. The van der Waals surface area contributed by atoms with Crippen LogP contribution >= 0.6 is 0 Å². The molecule has 0 radical (unpaired) electrons. The van der Waals surface area contributed by atoms with Gasteiger partial charge in [0, 0.05) is 44.2 Å². The molecule has 2 N–H and O–H groups in total. The van der Waals surface area contributed by atoms with E-state index in [-0.39, 0.29) is 6.10 Å². The summed E-state index contributed by atoms with van der Waals surface area (Å²) < 4.78 is 7.94. The van der Waals surface area contributed by atoms with Gasteiger partial charge in [-0.2, -0.15) is 5.10 Å². The first-order chi connectivity index (χ1) is 9.88. The van der Waals surface area contributed by atoms with Crippen LogP contribution in [-0.2, 0) is 17.8 Å². The second-order valence-corrected chi connectivity index (χ2v) is 5.08. The largest absolute Gasteiger partial charge is 0.372 e. The third-order valence-electron chi connectivity index (χ3n) is 3.81. The number of nitrogens with one attached hydrogen (secondary N) is 2. The number of aryl methyl sites for hydroxylation is 1. The molecular weight excluding hydrogens is 254 g/mol. The highest BCUT2D eigenvalue weighted by Gasteiger charge is 2.31. The lowest BCUT2D eigenvalue weighted by molar-refractivity contribution is 0.0829. The maximum Gasteiger partial charge on any atom is 0.120 e. The van der Waals surface area contributed by atoms with Gasteiger partial charge in [0.25, 0.3) is 0 Å². The molecule has 0 aliphatic carbocycles. The molecule has 0 unspecified atom stereocenters. The highest BCUT2D eigenvalue weighted by Crippen LogP contribution is 2.33. The summed E-state index contributed by atoms with van der Waals surface area (Å²) in [4.78, 5) is 7.31. The van der Waals surface area contributed by atoms with Gasteiger partial charge in [0.15, 0.2) is 0 Å². The van der Waals surface area contributed by atoms with Gasteiger partial charge in [0.1, 0.15) is 11.9 Å². The number of H-pyrrole nitrogens is 1. The summed E-state index contributed by atoms with van der Waals surface area (Å²) in [5, 5.41) is 7.79. The molecule has 0 spiro atoms. The van der Waals surface area contributed by atoms with Crippen LogP contribution in [0.2, 0.25) is 0 Å². The molecule has 108 valence electrons. The van der Waals surface area contributed by atoms with Crippen molar-refractivity contribution in [1.29, 1.82) is 0 Å². The number of rotatable bonds is 6. The van der Waals surface area contributed by atoms with E-state index in [9.17, 15) is 0 Å². The Morgan fingerprint density at radius 3 is 3.25 bits per heavy atom. The summed E-state index contributed by atoms with van der Waals surface area (Å²) >= 11 is 0. The monoisotopic (exact) mass is 275 g/mol. The van der Waals surface area contributed by atoms with Crippen LogP contribution in [0.25, 0.3) is 0 Å². The second kappa shape index (κ2) is 6.19. The Hall–Kier alpha value is -1.66. The number of hydrogen-bond acceptors (Lipinski definition) is 4. The zero-order valence-electron chi connectivity index (χ0n) is 11.7. The summed E-state index contributed by atoms with van der Waals surface area (Å²) in [5.74, 6) is 1.46. The average Bonchev–Trinajstić information content (AvgIpc) is 3.19. The standard InChI is InChI=1S/C14H21N5O/c1-2-19-12(3-5-18-19)14-11(4-8-20-14)9-15-10-13-16-6-7-17-13/h3,5-7,11,14-15H,2,4,8-10H2,1H3,(H,16,17)/t11-,14+/m0/s1. The Morgan fingerprint density at radius 1 is 1.50 bits per heavy atom. The van der Waals surface area contributed by atoms with Crippen LogP contribution in [0.3, 0.4) is 0 Å². The topological polar surface area (TPSA) is 67.8 Å². The zero-order valence-corrected chi connectivity index (χ0v) is 11.7. The number of nitrogens with zero attached hydrogens (tertiary/aromatic N) is 3. The number of hydrogen-bond donors (Lipinski definition) is 2. The Morgan fingerprint density at radius 2 is 2.45 bits per heavy atom. The normalized spacial score (nSPS) is 22.4. The first-order valence-electron chi connectivity index (χ1n) is 7.20. The predicted molar refractivity (Wildman–Crippen MR) is 75.0 cm³/mol. The van der Waals surface area contributed by atoms with Gasteiger partial charge >= 0.3 is 0 Å². The molecule has 0 saturated carbocycles. The van der Waals surface area contributed by atoms with E-state index in [0.717, 1.165) is 38.5 Å². The van der Waals surface area contributed by atoms with Gasteiger partial charge in [0.05, 0.1) is 12.2 Å². The maximum absolute atomic E-state index is 5.92. The predicted octanol–water partition coefficient (Wildman–Crippen LogP) is 1.49. The third-order valence-corrected chi connectivity index (χ3v) is 3.81. The Kier molecular flexibility index (Phi) is 4.13. The molecule has 2 atom stereocenters. The molecule has 2 aromatic rings. The lowest BCUT2D eigenvalue weighted by Crippen LogP contribution is -2.26. The first kappa shape index (κ1) is 13.3. The van der Waals surface area contributed by atoms with E-state index in [2.05, 4.69) is 33.4 Å². The van der Waals surface area contributed by atoms with Gasteiger partial charge in [-0.25, -0.2) is 4.98 Å². The number of aromatic nitrogens is 4. The van der Waals surface area contributed by atoms with Crippen LogP contribution < -0.4 is 5.32 Å². The molecule has 1 aliphatic heterocycles. The Balaban J connectivity index is 1.58. The lowest BCUT2D eigenvalue weighted by Gasteiger charge is -2.19. The molecule has 6 heteroatoms. The number of aromatic amines is 1. The smallest absolute Gasteiger partial charge is 0.120 e. The average molecular weight is 275 g/mol. The van der Waals surface area contributed by atoms with Crippen molar-refractivity contribution in [3.8, 4) is 0 Å². The molecular formula is C14H21N5O. The molecule has 20 heavy (non-hydrogen) atoms. The van der Waals surface area contributed by atoms with E-state index in [1.807, 2.05) is 17.1 Å². The van der Waals surface area contributed by atoms with E-state index in [1.165, 1.54) is 5.69 Å². The van der Waals surface area contributed by atoms with Gasteiger partial charge < -0.3 is 15.0 Å². The fraction of sp³-hybridized carbons (Fsp3) is 0.571.